The number of hydrogen-bond acceptors (Lipinski definition) is 2. The SMILES string of the molecule is CC(C)(C)c1ccn2c(C3CCNCC3)cnc2c1. The number of imidazole rings is 1. The molecule has 1 aliphatic rings. The summed E-state index contributed by atoms with van der Waals surface area (Å²) in [4.78, 5) is 4.61. The maximum Gasteiger partial charge on any atom is 0.137 e. The second kappa shape index (κ2) is 4.64. The average Bonchev–Trinajstić information content (AvgIpc) is 2.81. The lowest BCUT2D eigenvalue weighted by atomic mass is 9.88. The zero-order chi connectivity index (χ0) is 13.5. The van der Waals surface area contributed by atoms with Gasteiger partial charge in [0.25, 0.3) is 0 Å². The molecule has 0 amide bonds. The molecule has 0 saturated carbocycles. The van der Waals surface area contributed by atoms with E-state index in [-0.39, 0.29) is 5.41 Å². The van der Waals surface area contributed by atoms with Gasteiger partial charge in [-0.1, -0.05) is 20.8 Å². The predicted molar refractivity (Wildman–Crippen MR) is 78.7 cm³/mol. The Labute approximate surface area is 115 Å². The smallest absolute Gasteiger partial charge is 0.137 e. The molecule has 1 aliphatic heterocycles. The van der Waals surface area contributed by atoms with Crippen LogP contribution in [0.4, 0.5) is 0 Å². The van der Waals surface area contributed by atoms with Gasteiger partial charge in [0.1, 0.15) is 5.65 Å². The summed E-state index contributed by atoms with van der Waals surface area (Å²) >= 11 is 0. The van der Waals surface area contributed by atoms with Crippen LogP contribution in [-0.2, 0) is 5.41 Å². The quantitative estimate of drug-likeness (QED) is 0.850. The molecule has 102 valence electrons. The average molecular weight is 257 g/mol. The monoisotopic (exact) mass is 257 g/mol. The number of hydrogen-bond donors (Lipinski definition) is 1. The van der Waals surface area contributed by atoms with E-state index in [4.69, 9.17) is 0 Å². The maximum absolute atomic E-state index is 4.61. The summed E-state index contributed by atoms with van der Waals surface area (Å²) in [5, 5.41) is 3.42. The van der Waals surface area contributed by atoms with Crippen LogP contribution in [0.15, 0.2) is 24.5 Å². The first-order valence-corrected chi connectivity index (χ1v) is 7.24. The molecule has 3 heteroatoms. The van der Waals surface area contributed by atoms with Crippen LogP contribution in [0.2, 0.25) is 0 Å². The number of aromatic nitrogens is 2. The molecule has 0 radical (unpaired) electrons. The topological polar surface area (TPSA) is 29.3 Å². The van der Waals surface area contributed by atoms with Crippen molar-refractivity contribution < 1.29 is 0 Å². The molecule has 0 aliphatic carbocycles. The molecule has 0 atom stereocenters. The lowest BCUT2D eigenvalue weighted by Gasteiger charge is -2.23. The van der Waals surface area contributed by atoms with Gasteiger partial charge in [0.2, 0.25) is 0 Å². The van der Waals surface area contributed by atoms with Crippen molar-refractivity contribution in [1.29, 1.82) is 0 Å². The molecule has 0 spiro atoms. The van der Waals surface area contributed by atoms with E-state index in [0.717, 1.165) is 18.7 Å². The summed E-state index contributed by atoms with van der Waals surface area (Å²) in [5.74, 6) is 0.650. The second-order valence-corrected chi connectivity index (χ2v) is 6.60. The van der Waals surface area contributed by atoms with E-state index in [1.165, 1.54) is 24.1 Å². The highest BCUT2D eigenvalue weighted by Gasteiger charge is 2.20. The summed E-state index contributed by atoms with van der Waals surface area (Å²) in [5.41, 5.74) is 3.99. The first-order chi connectivity index (χ1) is 9.05. The fraction of sp³-hybridized carbons (Fsp3) is 0.562. The van der Waals surface area contributed by atoms with E-state index in [0.29, 0.717) is 5.92 Å². The molecule has 1 saturated heterocycles. The van der Waals surface area contributed by atoms with E-state index in [1.54, 1.807) is 0 Å². The predicted octanol–water partition coefficient (Wildman–Crippen LogP) is 3.10. The van der Waals surface area contributed by atoms with Gasteiger partial charge in [-0.2, -0.15) is 0 Å². The van der Waals surface area contributed by atoms with Crippen molar-refractivity contribution in [2.24, 2.45) is 0 Å². The number of nitrogens with zero attached hydrogens (tertiary/aromatic N) is 2. The standard InChI is InChI=1S/C16H23N3/c1-16(2,3)13-6-9-19-14(11-18-15(19)10-13)12-4-7-17-8-5-12/h6,9-12,17H,4-5,7-8H2,1-3H3. The van der Waals surface area contributed by atoms with Crippen LogP contribution in [-0.4, -0.2) is 22.5 Å². The van der Waals surface area contributed by atoms with Gasteiger partial charge in [-0.3, -0.25) is 0 Å². The van der Waals surface area contributed by atoms with Crippen LogP contribution < -0.4 is 5.32 Å². The van der Waals surface area contributed by atoms with Gasteiger partial charge in [0.05, 0.1) is 0 Å². The molecule has 3 heterocycles. The second-order valence-electron chi connectivity index (χ2n) is 6.60. The van der Waals surface area contributed by atoms with E-state index >= 15 is 0 Å². The Balaban J connectivity index is 2.00. The van der Waals surface area contributed by atoms with Crippen molar-refractivity contribution in [2.75, 3.05) is 13.1 Å². The number of piperidine rings is 1. The zero-order valence-corrected chi connectivity index (χ0v) is 12.1. The molecule has 2 aromatic rings. The van der Waals surface area contributed by atoms with Gasteiger partial charge in [-0.05, 0) is 49.0 Å². The van der Waals surface area contributed by atoms with Crippen LogP contribution in [0.5, 0.6) is 0 Å². The van der Waals surface area contributed by atoms with Gasteiger partial charge >= 0.3 is 0 Å². The molecule has 0 bridgehead atoms. The summed E-state index contributed by atoms with van der Waals surface area (Å²) in [6, 6.07) is 4.46. The lowest BCUT2D eigenvalue weighted by Crippen LogP contribution is -2.27. The normalized spacial score (nSPS) is 18.1. The van der Waals surface area contributed by atoms with Crippen LogP contribution in [0.1, 0.15) is 50.8 Å². The number of fused-ring (bicyclic) bond motifs is 1. The fourth-order valence-corrected chi connectivity index (χ4v) is 2.89. The molecule has 1 N–H and O–H groups in total. The van der Waals surface area contributed by atoms with E-state index in [1.807, 2.05) is 0 Å². The van der Waals surface area contributed by atoms with Crippen LogP contribution in [0.3, 0.4) is 0 Å². The third kappa shape index (κ3) is 2.39. The van der Waals surface area contributed by atoms with Gasteiger partial charge in [-0.15, -0.1) is 0 Å². The summed E-state index contributed by atoms with van der Waals surface area (Å²) < 4.78 is 2.27. The van der Waals surface area contributed by atoms with Crippen molar-refractivity contribution >= 4 is 5.65 Å². The Bertz CT molecular complexity index is 571. The minimum absolute atomic E-state index is 0.183. The molecule has 3 rings (SSSR count). The number of pyridine rings is 1. The summed E-state index contributed by atoms with van der Waals surface area (Å²) in [7, 11) is 0. The lowest BCUT2D eigenvalue weighted by molar-refractivity contribution is 0.451. The Morgan fingerprint density at radius 1 is 1.26 bits per heavy atom. The first-order valence-electron chi connectivity index (χ1n) is 7.24. The minimum Gasteiger partial charge on any atom is -0.317 e. The fourth-order valence-electron chi connectivity index (χ4n) is 2.89. The van der Waals surface area contributed by atoms with Crippen molar-refractivity contribution in [2.45, 2.75) is 44.9 Å². The van der Waals surface area contributed by atoms with Gasteiger partial charge < -0.3 is 9.72 Å². The highest BCUT2D eigenvalue weighted by molar-refractivity contribution is 5.45. The van der Waals surface area contributed by atoms with E-state index in [2.05, 4.69) is 60.0 Å². The van der Waals surface area contributed by atoms with E-state index < -0.39 is 0 Å². The largest absolute Gasteiger partial charge is 0.317 e. The summed E-state index contributed by atoms with van der Waals surface area (Å²) in [6.07, 6.45) is 6.70. The van der Waals surface area contributed by atoms with Crippen molar-refractivity contribution in [3.63, 3.8) is 0 Å². The minimum atomic E-state index is 0.183. The molecule has 2 aromatic heterocycles. The van der Waals surface area contributed by atoms with Crippen molar-refractivity contribution in [3.05, 3.63) is 35.8 Å². The first kappa shape index (κ1) is 12.7. The Morgan fingerprint density at radius 3 is 2.68 bits per heavy atom. The molecule has 1 fully saturated rings. The van der Waals surface area contributed by atoms with Crippen LogP contribution in [0, 0.1) is 0 Å². The number of nitrogens with one attached hydrogen (secondary N) is 1. The molecule has 0 unspecified atom stereocenters. The van der Waals surface area contributed by atoms with Gasteiger partial charge in [-0.25, -0.2) is 4.98 Å². The molecule has 3 nitrogen and oxygen atoms in total. The highest BCUT2D eigenvalue weighted by atomic mass is 15.0. The van der Waals surface area contributed by atoms with Crippen molar-refractivity contribution in [1.82, 2.24) is 14.7 Å². The Kier molecular flexibility index (Phi) is 3.09. The highest BCUT2D eigenvalue weighted by Crippen LogP contribution is 2.28. The molecule has 0 aromatic carbocycles. The summed E-state index contributed by atoms with van der Waals surface area (Å²) in [6.45, 7) is 8.98. The van der Waals surface area contributed by atoms with E-state index in [9.17, 15) is 0 Å². The maximum atomic E-state index is 4.61. The number of rotatable bonds is 1. The third-order valence-corrected chi connectivity index (χ3v) is 4.17. The Hall–Kier alpha value is -1.35. The Morgan fingerprint density at radius 2 is 2.00 bits per heavy atom. The van der Waals surface area contributed by atoms with Crippen LogP contribution in [0.25, 0.3) is 5.65 Å². The zero-order valence-electron chi connectivity index (χ0n) is 12.1. The molecular formula is C16H23N3. The molecular weight excluding hydrogens is 234 g/mol. The third-order valence-electron chi connectivity index (χ3n) is 4.17. The van der Waals surface area contributed by atoms with Gasteiger partial charge in [0, 0.05) is 24.0 Å². The van der Waals surface area contributed by atoms with Crippen LogP contribution >= 0.6 is 0 Å². The van der Waals surface area contributed by atoms with Gasteiger partial charge in [0.15, 0.2) is 0 Å². The molecule has 19 heavy (non-hydrogen) atoms. The van der Waals surface area contributed by atoms with Crippen molar-refractivity contribution in [3.8, 4) is 0 Å².